The molecule has 12 heavy (non-hydrogen) atoms. The van der Waals surface area contributed by atoms with E-state index in [1.54, 1.807) is 0 Å². The molecule has 0 aliphatic rings. The Morgan fingerprint density at radius 2 is 2.25 bits per heavy atom. The summed E-state index contributed by atoms with van der Waals surface area (Å²) in [4.78, 5) is 0. The van der Waals surface area contributed by atoms with Gasteiger partial charge in [-0.05, 0) is 31.2 Å². The highest BCUT2D eigenvalue weighted by Gasteiger charge is 1.97. The van der Waals surface area contributed by atoms with Gasteiger partial charge in [0.1, 0.15) is 0 Å². The average molecular weight is 160 g/mol. The smallest absolute Gasteiger partial charge is 0.0994 e. The van der Waals surface area contributed by atoms with Gasteiger partial charge >= 0.3 is 0 Å². The molecule has 0 saturated carbocycles. The maximum Gasteiger partial charge on any atom is 0.0994 e. The van der Waals surface area contributed by atoms with Crippen molar-refractivity contribution in [2.45, 2.75) is 13.5 Å². The Morgan fingerprint density at radius 3 is 2.83 bits per heavy atom. The quantitative estimate of drug-likeness (QED) is 0.713. The van der Waals surface area contributed by atoms with Crippen molar-refractivity contribution in [1.82, 2.24) is 5.32 Å². The van der Waals surface area contributed by atoms with E-state index in [1.807, 2.05) is 32.2 Å². The fourth-order valence-corrected chi connectivity index (χ4v) is 1.10. The van der Waals surface area contributed by atoms with Gasteiger partial charge in [-0.1, -0.05) is 12.1 Å². The highest BCUT2D eigenvalue weighted by Crippen LogP contribution is 2.09. The largest absolute Gasteiger partial charge is 0.316 e. The van der Waals surface area contributed by atoms with Crippen LogP contribution in [0.15, 0.2) is 18.2 Å². The van der Waals surface area contributed by atoms with Crippen LogP contribution in [0.2, 0.25) is 0 Å². The van der Waals surface area contributed by atoms with Crippen LogP contribution >= 0.6 is 0 Å². The van der Waals surface area contributed by atoms with E-state index in [1.165, 1.54) is 0 Å². The molecule has 0 amide bonds. The van der Waals surface area contributed by atoms with E-state index >= 15 is 0 Å². The molecule has 1 N–H and O–H groups in total. The van der Waals surface area contributed by atoms with E-state index in [0.29, 0.717) is 0 Å². The van der Waals surface area contributed by atoms with Crippen LogP contribution in [-0.2, 0) is 6.54 Å². The van der Waals surface area contributed by atoms with Gasteiger partial charge in [-0.25, -0.2) is 0 Å². The molecule has 1 aromatic carbocycles. The first kappa shape index (κ1) is 8.76. The molecule has 62 valence electrons. The van der Waals surface area contributed by atoms with Crippen LogP contribution in [-0.4, -0.2) is 7.05 Å². The standard InChI is InChI=1S/C10H12N2/c1-8-3-4-9(7-12-2)5-10(8)6-11/h3-5,12H,7H2,1-2H3. The van der Waals surface area contributed by atoms with Crippen molar-refractivity contribution in [3.8, 4) is 6.07 Å². The summed E-state index contributed by atoms with van der Waals surface area (Å²) in [5.41, 5.74) is 2.96. The molecule has 0 aliphatic heterocycles. The second-order valence-electron chi connectivity index (χ2n) is 2.79. The predicted octanol–water partition coefficient (Wildman–Crippen LogP) is 1.59. The first-order valence-electron chi connectivity index (χ1n) is 3.92. The second kappa shape index (κ2) is 3.89. The minimum Gasteiger partial charge on any atom is -0.316 e. The third-order valence-corrected chi connectivity index (χ3v) is 1.80. The minimum absolute atomic E-state index is 0.766. The van der Waals surface area contributed by atoms with E-state index in [2.05, 4.69) is 11.4 Å². The Hall–Kier alpha value is -1.33. The number of rotatable bonds is 2. The van der Waals surface area contributed by atoms with Crippen molar-refractivity contribution in [3.05, 3.63) is 34.9 Å². The lowest BCUT2D eigenvalue weighted by Crippen LogP contribution is -2.05. The van der Waals surface area contributed by atoms with E-state index in [-0.39, 0.29) is 0 Å². The third-order valence-electron chi connectivity index (χ3n) is 1.80. The molecule has 0 fully saturated rings. The lowest BCUT2D eigenvalue weighted by Gasteiger charge is -2.01. The van der Waals surface area contributed by atoms with Crippen LogP contribution in [0.3, 0.4) is 0 Å². The van der Waals surface area contributed by atoms with E-state index in [4.69, 9.17) is 5.26 Å². The van der Waals surface area contributed by atoms with Gasteiger partial charge in [-0.2, -0.15) is 5.26 Å². The van der Waals surface area contributed by atoms with Crippen molar-refractivity contribution >= 4 is 0 Å². The van der Waals surface area contributed by atoms with Crippen LogP contribution in [0.5, 0.6) is 0 Å². The molecule has 2 nitrogen and oxygen atoms in total. The topological polar surface area (TPSA) is 35.8 Å². The number of nitrogens with zero attached hydrogens (tertiary/aromatic N) is 1. The van der Waals surface area contributed by atoms with Crippen LogP contribution in [0.1, 0.15) is 16.7 Å². The Morgan fingerprint density at radius 1 is 1.50 bits per heavy atom. The van der Waals surface area contributed by atoms with Gasteiger partial charge in [0.25, 0.3) is 0 Å². The van der Waals surface area contributed by atoms with Gasteiger partial charge in [0.2, 0.25) is 0 Å². The van der Waals surface area contributed by atoms with Crippen molar-refractivity contribution in [2.24, 2.45) is 0 Å². The number of hydrogen-bond acceptors (Lipinski definition) is 2. The number of benzene rings is 1. The molecule has 0 spiro atoms. The van der Waals surface area contributed by atoms with E-state index in [9.17, 15) is 0 Å². The molecule has 0 aliphatic carbocycles. The number of nitriles is 1. The number of nitrogens with one attached hydrogen (secondary N) is 1. The van der Waals surface area contributed by atoms with Crippen molar-refractivity contribution in [2.75, 3.05) is 7.05 Å². The zero-order valence-electron chi connectivity index (χ0n) is 7.39. The Kier molecular flexibility index (Phi) is 2.84. The van der Waals surface area contributed by atoms with Crippen LogP contribution in [0.4, 0.5) is 0 Å². The predicted molar refractivity (Wildman–Crippen MR) is 48.7 cm³/mol. The molecule has 0 bridgehead atoms. The zero-order valence-corrected chi connectivity index (χ0v) is 7.39. The molecule has 1 rings (SSSR count). The van der Waals surface area contributed by atoms with E-state index < -0.39 is 0 Å². The minimum atomic E-state index is 0.766. The van der Waals surface area contributed by atoms with Crippen LogP contribution in [0, 0.1) is 18.3 Å². The molecule has 0 radical (unpaired) electrons. The molecular weight excluding hydrogens is 148 g/mol. The summed E-state index contributed by atoms with van der Waals surface area (Å²) >= 11 is 0. The van der Waals surface area contributed by atoms with Crippen LogP contribution < -0.4 is 5.32 Å². The summed E-state index contributed by atoms with van der Waals surface area (Å²) in [6, 6.07) is 8.10. The molecule has 0 atom stereocenters. The molecule has 0 unspecified atom stereocenters. The van der Waals surface area contributed by atoms with Crippen molar-refractivity contribution < 1.29 is 0 Å². The summed E-state index contributed by atoms with van der Waals surface area (Å²) < 4.78 is 0. The Bertz CT molecular complexity index is 310. The molecule has 0 heterocycles. The van der Waals surface area contributed by atoms with Gasteiger partial charge in [-0.15, -0.1) is 0 Å². The van der Waals surface area contributed by atoms with Crippen LogP contribution in [0.25, 0.3) is 0 Å². The molecule has 2 heteroatoms. The fourth-order valence-electron chi connectivity index (χ4n) is 1.10. The Balaban J connectivity index is 2.99. The van der Waals surface area contributed by atoms with Crippen molar-refractivity contribution in [3.63, 3.8) is 0 Å². The highest BCUT2D eigenvalue weighted by molar-refractivity contribution is 5.39. The molecule has 0 aromatic heterocycles. The highest BCUT2D eigenvalue weighted by atomic mass is 14.8. The maximum absolute atomic E-state index is 8.74. The van der Waals surface area contributed by atoms with Gasteiger partial charge in [-0.3, -0.25) is 0 Å². The number of aryl methyl sites for hydroxylation is 1. The summed E-state index contributed by atoms with van der Waals surface area (Å²) in [7, 11) is 1.89. The van der Waals surface area contributed by atoms with Gasteiger partial charge in [0, 0.05) is 6.54 Å². The first-order valence-corrected chi connectivity index (χ1v) is 3.92. The lowest BCUT2D eigenvalue weighted by atomic mass is 10.1. The average Bonchev–Trinajstić information content (AvgIpc) is 2.09. The first-order chi connectivity index (χ1) is 5.77. The Labute approximate surface area is 72.8 Å². The summed E-state index contributed by atoms with van der Waals surface area (Å²) in [5.74, 6) is 0. The fraction of sp³-hybridized carbons (Fsp3) is 0.300. The van der Waals surface area contributed by atoms with E-state index in [0.717, 1.165) is 23.2 Å². The second-order valence-corrected chi connectivity index (χ2v) is 2.79. The van der Waals surface area contributed by atoms with Crippen molar-refractivity contribution in [1.29, 1.82) is 5.26 Å². The normalized spacial score (nSPS) is 9.42. The monoisotopic (exact) mass is 160 g/mol. The maximum atomic E-state index is 8.74. The molecule has 0 saturated heterocycles. The van der Waals surface area contributed by atoms with Gasteiger partial charge in [0.05, 0.1) is 11.6 Å². The van der Waals surface area contributed by atoms with Gasteiger partial charge in [0.15, 0.2) is 0 Å². The molecule has 1 aromatic rings. The van der Waals surface area contributed by atoms with Gasteiger partial charge < -0.3 is 5.32 Å². The summed E-state index contributed by atoms with van der Waals surface area (Å²) in [6.07, 6.45) is 0. The SMILES string of the molecule is CNCc1ccc(C)c(C#N)c1. The molecular formula is C10H12N2. The number of hydrogen-bond donors (Lipinski definition) is 1. The summed E-state index contributed by atoms with van der Waals surface area (Å²) in [6.45, 7) is 2.76. The summed E-state index contributed by atoms with van der Waals surface area (Å²) in [5, 5.41) is 11.8. The lowest BCUT2D eigenvalue weighted by molar-refractivity contribution is 0.817. The third kappa shape index (κ3) is 1.84. The zero-order chi connectivity index (χ0) is 8.97.